The lowest BCUT2D eigenvalue weighted by atomic mass is 10.0. The molecule has 0 heterocycles. The van der Waals surface area contributed by atoms with Crippen molar-refractivity contribution in [2.24, 2.45) is 10.8 Å². The van der Waals surface area contributed by atoms with Gasteiger partial charge in [0, 0.05) is 5.56 Å². The van der Waals surface area contributed by atoms with E-state index >= 15 is 0 Å². The van der Waals surface area contributed by atoms with Crippen molar-refractivity contribution in [3.05, 3.63) is 77.4 Å². The first kappa shape index (κ1) is 17.6. The highest BCUT2D eigenvalue weighted by molar-refractivity contribution is 7.80. The number of nitrogens with one attached hydrogen (secondary N) is 1. The maximum Gasteiger partial charge on any atom is 0.343 e. The molecular weight excluding hydrogens is 346 g/mol. The molecule has 26 heavy (non-hydrogen) atoms. The van der Waals surface area contributed by atoms with Gasteiger partial charge in [0.15, 0.2) is 5.11 Å². The van der Waals surface area contributed by atoms with Gasteiger partial charge in [0.05, 0.1) is 11.8 Å². The fourth-order valence-corrected chi connectivity index (χ4v) is 2.64. The van der Waals surface area contributed by atoms with E-state index in [1.807, 2.05) is 49.4 Å². The molecule has 0 saturated carbocycles. The maximum absolute atomic E-state index is 12.5. The number of ether oxygens (including phenoxy) is 1. The van der Waals surface area contributed by atoms with Gasteiger partial charge < -0.3 is 10.5 Å². The van der Waals surface area contributed by atoms with Gasteiger partial charge in [-0.25, -0.2) is 4.79 Å². The molecule has 3 rings (SSSR count). The zero-order chi connectivity index (χ0) is 18.5. The van der Waals surface area contributed by atoms with Gasteiger partial charge in [-0.05, 0) is 48.1 Å². The summed E-state index contributed by atoms with van der Waals surface area (Å²) in [6.07, 6.45) is 1.54. The van der Waals surface area contributed by atoms with Crippen LogP contribution in [0.15, 0.2) is 65.8 Å². The Kier molecular flexibility index (Phi) is 5.24. The summed E-state index contributed by atoms with van der Waals surface area (Å²) in [4.78, 5) is 12.5. The van der Waals surface area contributed by atoms with E-state index in [9.17, 15) is 4.79 Å². The van der Waals surface area contributed by atoms with Gasteiger partial charge >= 0.3 is 5.97 Å². The SMILES string of the molecule is Cc1cccc(C(=O)Oc2ccc3ccccc3c2/C=N\NC(N)=S)c1. The summed E-state index contributed by atoms with van der Waals surface area (Å²) in [5.41, 5.74) is 10.1. The molecule has 3 aromatic rings. The number of aryl methyl sites for hydroxylation is 1. The second kappa shape index (κ2) is 7.76. The average Bonchev–Trinajstić information content (AvgIpc) is 2.63. The Hall–Kier alpha value is -3.25. The summed E-state index contributed by atoms with van der Waals surface area (Å²) in [7, 11) is 0. The molecule has 0 saturated heterocycles. The lowest BCUT2D eigenvalue weighted by Gasteiger charge is -2.11. The molecule has 3 aromatic carbocycles. The monoisotopic (exact) mass is 363 g/mol. The van der Waals surface area contributed by atoms with Crippen molar-refractivity contribution in [2.75, 3.05) is 0 Å². The Balaban J connectivity index is 2.00. The first-order valence-corrected chi connectivity index (χ1v) is 8.34. The third-order valence-corrected chi connectivity index (χ3v) is 3.85. The fourth-order valence-electron chi connectivity index (χ4n) is 2.59. The van der Waals surface area contributed by atoms with E-state index in [-0.39, 0.29) is 5.11 Å². The molecule has 130 valence electrons. The van der Waals surface area contributed by atoms with E-state index in [0.717, 1.165) is 16.3 Å². The summed E-state index contributed by atoms with van der Waals surface area (Å²) >= 11 is 4.75. The van der Waals surface area contributed by atoms with Crippen molar-refractivity contribution in [1.82, 2.24) is 5.43 Å². The van der Waals surface area contributed by atoms with Crippen LogP contribution in [-0.4, -0.2) is 17.3 Å². The quantitative estimate of drug-likeness (QED) is 0.244. The number of thiocarbonyl (C=S) groups is 1. The third-order valence-electron chi connectivity index (χ3n) is 3.76. The zero-order valence-corrected chi connectivity index (χ0v) is 14.9. The number of nitrogens with zero attached hydrogens (tertiary/aromatic N) is 1. The molecule has 0 aliphatic heterocycles. The van der Waals surface area contributed by atoms with E-state index in [1.54, 1.807) is 24.4 Å². The molecule has 0 aromatic heterocycles. The summed E-state index contributed by atoms with van der Waals surface area (Å²) in [5, 5.41) is 5.97. The highest BCUT2D eigenvalue weighted by atomic mass is 32.1. The molecular formula is C20H17N3O2S. The van der Waals surface area contributed by atoms with Crippen LogP contribution in [0.3, 0.4) is 0 Å². The highest BCUT2D eigenvalue weighted by Crippen LogP contribution is 2.27. The topological polar surface area (TPSA) is 76.7 Å². The third kappa shape index (κ3) is 4.04. The number of fused-ring (bicyclic) bond motifs is 1. The molecule has 0 unspecified atom stereocenters. The van der Waals surface area contributed by atoms with Crippen LogP contribution >= 0.6 is 12.2 Å². The van der Waals surface area contributed by atoms with Gasteiger partial charge in [-0.15, -0.1) is 0 Å². The van der Waals surface area contributed by atoms with E-state index in [2.05, 4.69) is 10.5 Å². The molecule has 0 aliphatic rings. The maximum atomic E-state index is 12.5. The standard InChI is InChI=1S/C20H17N3O2S/c1-13-5-4-7-15(11-13)19(24)25-18-10-9-14-6-2-3-8-16(14)17(18)12-22-23-20(21)26/h2-12H,1H3,(H3,21,23,26)/b22-12-. The summed E-state index contributed by atoms with van der Waals surface area (Å²) in [5.74, 6) is -0.0235. The number of hydrazone groups is 1. The van der Waals surface area contributed by atoms with Crippen LogP contribution in [0.1, 0.15) is 21.5 Å². The van der Waals surface area contributed by atoms with Crippen molar-refractivity contribution in [1.29, 1.82) is 0 Å². The Morgan fingerprint density at radius 1 is 1.15 bits per heavy atom. The van der Waals surface area contributed by atoms with Crippen LogP contribution < -0.4 is 15.9 Å². The summed E-state index contributed by atoms with van der Waals surface area (Å²) < 4.78 is 5.63. The summed E-state index contributed by atoms with van der Waals surface area (Å²) in [6.45, 7) is 1.92. The number of hydrogen-bond donors (Lipinski definition) is 2. The Morgan fingerprint density at radius 3 is 2.73 bits per heavy atom. The first-order chi connectivity index (χ1) is 12.5. The Labute approximate surface area is 156 Å². The molecule has 0 radical (unpaired) electrons. The van der Waals surface area contributed by atoms with Crippen molar-refractivity contribution in [3.8, 4) is 5.75 Å². The van der Waals surface area contributed by atoms with Gasteiger partial charge in [0.2, 0.25) is 0 Å². The predicted molar refractivity (Wildman–Crippen MR) is 108 cm³/mol. The lowest BCUT2D eigenvalue weighted by Crippen LogP contribution is -2.24. The molecule has 0 spiro atoms. The fraction of sp³-hybridized carbons (Fsp3) is 0.0500. The van der Waals surface area contributed by atoms with Crippen LogP contribution in [0.2, 0.25) is 0 Å². The van der Waals surface area contributed by atoms with Crippen molar-refractivity contribution >= 4 is 40.3 Å². The highest BCUT2D eigenvalue weighted by Gasteiger charge is 2.13. The van der Waals surface area contributed by atoms with E-state index in [0.29, 0.717) is 16.9 Å². The number of rotatable bonds is 4. The largest absolute Gasteiger partial charge is 0.422 e. The van der Waals surface area contributed by atoms with Crippen molar-refractivity contribution in [3.63, 3.8) is 0 Å². The van der Waals surface area contributed by atoms with Crippen molar-refractivity contribution < 1.29 is 9.53 Å². The van der Waals surface area contributed by atoms with E-state index in [1.165, 1.54) is 0 Å². The average molecular weight is 363 g/mol. The zero-order valence-electron chi connectivity index (χ0n) is 14.1. The molecule has 6 heteroatoms. The molecule has 0 fully saturated rings. The molecule has 0 atom stereocenters. The normalized spacial score (nSPS) is 10.8. The van der Waals surface area contributed by atoms with Crippen LogP contribution in [0.25, 0.3) is 10.8 Å². The second-order valence-electron chi connectivity index (χ2n) is 5.69. The number of esters is 1. The van der Waals surface area contributed by atoms with Crippen LogP contribution in [0, 0.1) is 6.92 Å². The number of carbonyl (C=O) groups is 1. The minimum atomic E-state index is -0.430. The van der Waals surface area contributed by atoms with Gasteiger partial charge in [-0.3, -0.25) is 5.43 Å². The Morgan fingerprint density at radius 2 is 1.96 bits per heavy atom. The smallest absolute Gasteiger partial charge is 0.343 e. The lowest BCUT2D eigenvalue weighted by molar-refractivity contribution is 0.0734. The first-order valence-electron chi connectivity index (χ1n) is 7.94. The second-order valence-corrected chi connectivity index (χ2v) is 6.13. The summed E-state index contributed by atoms with van der Waals surface area (Å²) in [6, 6.07) is 18.6. The molecule has 0 aliphatic carbocycles. The number of nitrogens with two attached hydrogens (primary N) is 1. The van der Waals surface area contributed by atoms with Gasteiger partial charge in [0.1, 0.15) is 5.75 Å². The van der Waals surface area contributed by atoms with Gasteiger partial charge in [0.25, 0.3) is 0 Å². The molecule has 0 bridgehead atoms. The Bertz CT molecular complexity index is 1010. The molecule has 0 amide bonds. The van der Waals surface area contributed by atoms with Gasteiger partial charge in [-0.1, -0.05) is 48.0 Å². The van der Waals surface area contributed by atoms with E-state index in [4.69, 9.17) is 22.7 Å². The van der Waals surface area contributed by atoms with Gasteiger partial charge in [-0.2, -0.15) is 5.10 Å². The molecule has 5 nitrogen and oxygen atoms in total. The minimum Gasteiger partial charge on any atom is -0.422 e. The van der Waals surface area contributed by atoms with Crippen LogP contribution in [0.5, 0.6) is 5.75 Å². The van der Waals surface area contributed by atoms with Crippen LogP contribution in [-0.2, 0) is 0 Å². The van der Waals surface area contributed by atoms with E-state index < -0.39 is 5.97 Å². The minimum absolute atomic E-state index is 0.0554. The predicted octanol–water partition coefficient (Wildman–Crippen LogP) is 3.53. The molecule has 3 N–H and O–H groups in total. The van der Waals surface area contributed by atoms with Crippen LogP contribution in [0.4, 0.5) is 0 Å². The number of benzene rings is 3. The van der Waals surface area contributed by atoms with Crippen molar-refractivity contribution in [2.45, 2.75) is 6.92 Å². The number of hydrogen-bond acceptors (Lipinski definition) is 4. The number of carbonyl (C=O) groups excluding carboxylic acids is 1.